The molecule has 0 aliphatic heterocycles. The molecule has 4 rings (SSSR count). The molecule has 0 saturated carbocycles. The van der Waals surface area contributed by atoms with Crippen LogP contribution < -0.4 is 10.9 Å². The molecule has 1 amide bonds. The minimum Gasteiger partial charge on any atom is -0.324 e. The summed E-state index contributed by atoms with van der Waals surface area (Å²) >= 11 is 0. The second kappa shape index (κ2) is 7.12. The van der Waals surface area contributed by atoms with Crippen LogP contribution in [0.4, 0.5) is 5.69 Å². The van der Waals surface area contributed by atoms with Crippen LogP contribution in [0, 0.1) is 0 Å². The van der Waals surface area contributed by atoms with E-state index in [0.29, 0.717) is 0 Å². The Morgan fingerprint density at radius 2 is 1.85 bits per heavy atom. The lowest BCUT2D eigenvalue weighted by molar-refractivity contribution is -0.117. The molecule has 132 valence electrons. The number of aromatic nitrogens is 2. The zero-order valence-corrected chi connectivity index (χ0v) is 14.6. The second-order valence-corrected chi connectivity index (χ2v) is 6.75. The van der Waals surface area contributed by atoms with Crippen molar-refractivity contribution in [3.8, 4) is 0 Å². The number of benzene rings is 2. The molecular formula is C21H21N3O2. The van der Waals surface area contributed by atoms with E-state index in [4.69, 9.17) is 0 Å². The summed E-state index contributed by atoms with van der Waals surface area (Å²) in [5, 5.41) is 9.41. The topological polar surface area (TPSA) is 64.0 Å². The summed E-state index contributed by atoms with van der Waals surface area (Å²) in [6.07, 6.45) is 5.12. The number of rotatable bonds is 3. The SMILES string of the molecule is O=C(Cn1nc2c(cc1=O)CCCCC2)Nc1cccc2ccccc12. The van der Waals surface area contributed by atoms with Gasteiger partial charge in [-0.1, -0.05) is 42.8 Å². The van der Waals surface area contributed by atoms with Gasteiger partial charge in [-0.15, -0.1) is 0 Å². The molecule has 2 aromatic carbocycles. The van der Waals surface area contributed by atoms with Crippen molar-refractivity contribution in [1.82, 2.24) is 9.78 Å². The molecule has 1 aromatic heterocycles. The molecule has 1 aliphatic rings. The molecule has 26 heavy (non-hydrogen) atoms. The quantitative estimate of drug-likeness (QED) is 0.739. The van der Waals surface area contributed by atoms with Crippen molar-refractivity contribution in [2.75, 3.05) is 5.32 Å². The summed E-state index contributed by atoms with van der Waals surface area (Å²) in [7, 11) is 0. The summed E-state index contributed by atoms with van der Waals surface area (Å²) in [6.45, 7) is -0.0741. The van der Waals surface area contributed by atoms with Crippen molar-refractivity contribution >= 4 is 22.4 Å². The number of nitrogens with one attached hydrogen (secondary N) is 1. The van der Waals surface area contributed by atoms with Crippen LogP contribution in [0.25, 0.3) is 10.8 Å². The van der Waals surface area contributed by atoms with E-state index in [2.05, 4.69) is 10.4 Å². The van der Waals surface area contributed by atoms with Gasteiger partial charge >= 0.3 is 0 Å². The highest BCUT2D eigenvalue weighted by atomic mass is 16.2. The van der Waals surface area contributed by atoms with Crippen molar-refractivity contribution in [1.29, 1.82) is 0 Å². The fourth-order valence-corrected chi connectivity index (χ4v) is 3.55. The average molecular weight is 347 g/mol. The molecule has 1 N–H and O–H groups in total. The largest absolute Gasteiger partial charge is 0.324 e. The van der Waals surface area contributed by atoms with Gasteiger partial charge < -0.3 is 5.32 Å². The van der Waals surface area contributed by atoms with Gasteiger partial charge in [0.2, 0.25) is 5.91 Å². The van der Waals surface area contributed by atoms with Crippen molar-refractivity contribution in [3.63, 3.8) is 0 Å². The van der Waals surface area contributed by atoms with Gasteiger partial charge in [-0.05, 0) is 42.7 Å². The number of nitrogens with zero attached hydrogens (tertiary/aromatic N) is 2. The molecule has 0 bridgehead atoms. The maximum Gasteiger partial charge on any atom is 0.267 e. The third-order valence-electron chi connectivity index (χ3n) is 4.88. The molecule has 1 heterocycles. The molecule has 0 saturated heterocycles. The molecule has 0 radical (unpaired) electrons. The fourth-order valence-electron chi connectivity index (χ4n) is 3.55. The van der Waals surface area contributed by atoms with E-state index in [1.807, 2.05) is 42.5 Å². The van der Waals surface area contributed by atoms with Crippen LogP contribution in [-0.4, -0.2) is 15.7 Å². The molecule has 3 aromatic rings. The predicted molar refractivity (Wildman–Crippen MR) is 102 cm³/mol. The third-order valence-corrected chi connectivity index (χ3v) is 4.88. The number of anilines is 1. The van der Waals surface area contributed by atoms with Gasteiger partial charge in [-0.3, -0.25) is 9.59 Å². The van der Waals surface area contributed by atoms with Crippen molar-refractivity contribution in [2.24, 2.45) is 0 Å². The number of hydrogen-bond donors (Lipinski definition) is 1. The monoisotopic (exact) mass is 347 g/mol. The number of carbonyl (C=O) groups is 1. The third kappa shape index (κ3) is 3.38. The molecule has 5 heteroatoms. The van der Waals surface area contributed by atoms with Crippen molar-refractivity contribution in [2.45, 2.75) is 38.6 Å². The first-order valence-electron chi connectivity index (χ1n) is 9.08. The highest BCUT2D eigenvalue weighted by Gasteiger charge is 2.14. The summed E-state index contributed by atoms with van der Waals surface area (Å²) < 4.78 is 1.28. The normalized spacial score (nSPS) is 13.8. The molecule has 0 unspecified atom stereocenters. The van der Waals surface area contributed by atoms with Crippen LogP contribution >= 0.6 is 0 Å². The Kier molecular flexibility index (Phi) is 4.52. The second-order valence-electron chi connectivity index (χ2n) is 6.75. The van der Waals surface area contributed by atoms with E-state index in [1.54, 1.807) is 6.07 Å². The van der Waals surface area contributed by atoms with Crippen LogP contribution in [0.3, 0.4) is 0 Å². The molecular weight excluding hydrogens is 326 g/mol. The maximum atomic E-state index is 12.5. The van der Waals surface area contributed by atoms with Gasteiger partial charge in [0.05, 0.1) is 5.69 Å². The Bertz CT molecular complexity index is 1020. The van der Waals surface area contributed by atoms with Gasteiger partial charge in [0.1, 0.15) is 6.54 Å². The van der Waals surface area contributed by atoms with Crippen LogP contribution in [0.2, 0.25) is 0 Å². The lowest BCUT2D eigenvalue weighted by Gasteiger charge is -2.11. The standard InChI is InChI=1S/C21H21N3O2/c25-20(22-19-12-6-9-15-7-4-5-10-17(15)19)14-24-21(26)13-16-8-2-1-3-11-18(16)23-24/h4-7,9-10,12-13H,1-3,8,11,14H2,(H,22,25). The minimum atomic E-state index is -0.246. The smallest absolute Gasteiger partial charge is 0.267 e. The van der Waals surface area contributed by atoms with Gasteiger partial charge in [0.15, 0.2) is 0 Å². The fraction of sp³-hybridized carbons (Fsp3) is 0.286. The highest BCUT2D eigenvalue weighted by Crippen LogP contribution is 2.23. The number of hydrogen-bond acceptors (Lipinski definition) is 3. The van der Waals surface area contributed by atoms with Gasteiger partial charge in [-0.2, -0.15) is 5.10 Å². The zero-order chi connectivity index (χ0) is 17.9. The zero-order valence-electron chi connectivity index (χ0n) is 14.6. The number of amides is 1. The van der Waals surface area contributed by atoms with E-state index < -0.39 is 0 Å². The summed E-state index contributed by atoms with van der Waals surface area (Å²) in [6, 6.07) is 15.3. The van der Waals surface area contributed by atoms with Crippen molar-refractivity contribution in [3.05, 3.63) is 70.1 Å². The molecule has 0 atom stereocenters. The first-order valence-corrected chi connectivity index (χ1v) is 9.08. The van der Waals surface area contributed by atoms with E-state index >= 15 is 0 Å². The van der Waals surface area contributed by atoms with Crippen LogP contribution in [-0.2, 0) is 24.2 Å². The Morgan fingerprint density at radius 3 is 2.77 bits per heavy atom. The van der Waals surface area contributed by atoms with Gasteiger partial charge in [0, 0.05) is 17.1 Å². The molecule has 1 aliphatic carbocycles. The summed E-state index contributed by atoms with van der Waals surface area (Å²) in [5.74, 6) is -0.246. The number of carbonyl (C=O) groups excluding carboxylic acids is 1. The van der Waals surface area contributed by atoms with E-state index in [1.165, 1.54) is 4.68 Å². The Balaban J connectivity index is 1.57. The molecule has 5 nitrogen and oxygen atoms in total. The van der Waals surface area contributed by atoms with Crippen LogP contribution in [0.5, 0.6) is 0 Å². The molecule has 0 spiro atoms. The number of aryl methyl sites for hydroxylation is 2. The summed E-state index contributed by atoms with van der Waals surface area (Å²) in [5.41, 5.74) is 2.54. The van der Waals surface area contributed by atoms with E-state index in [0.717, 1.165) is 59.8 Å². The molecule has 0 fully saturated rings. The van der Waals surface area contributed by atoms with E-state index in [-0.39, 0.29) is 18.0 Å². The first-order chi connectivity index (χ1) is 12.7. The highest BCUT2D eigenvalue weighted by molar-refractivity contribution is 6.01. The Morgan fingerprint density at radius 1 is 1.04 bits per heavy atom. The number of fused-ring (bicyclic) bond motifs is 2. The van der Waals surface area contributed by atoms with Gasteiger partial charge in [0.25, 0.3) is 5.56 Å². The lowest BCUT2D eigenvalue weighted by Crippen LogP contribution is -2.30. The van der Waals surface area contributed by atoms with Crippen LogP contribution in [0.15, 0.2) is 53.3 Å². The van der Waals surface area contributed by atoms with Gasteiger partial charge in [-0.25, -0.2) is 4.68 Å². The van der Waals surface area contributed by atoms with E-state index in [9.17, 15) is 9.59 Å². The van der Waals surface area contributed by atoms with Crippen LogP contribution in [0.1, 0.15) is 30.5 Å². The lowest BCUT2D eigenvalue weighted by atomic mass is 10.1. The minimum absolute atomic E-state index is 0.0741. The predicted octanol–water partition coefficient (Wildman–Crippen LogP) is 3.30. The Hall–Kier alpha value is -2.95. The van der Waals surface area contributed by atoms with Crippen molar-refractivity contribution < 1.29 is 4.79 Å². The summed E-state index contributed by atoms with van der Waals surface area (Å²) in [4.78, 5) is 24.8. The Labute approximate surface area is 151 Å². The maximum absolute atomic E-state index is 12.5. The first kappa shape index (κ1) is 16.5. The average Bonchev–Trinajstić information content (AvgIpc) is 2.87.